The zero-order valence-electron chi connectivity index (χ0n) is 10.4. The van der Waals surface area contributed by atoms with Gasteiger partial charge in [0.1, 0.15) is 18.2 Å². The van der Waals surface area contributed by atoms with Crippen molar-refractivity contribution in [3.63, 3.8) is 0 Å². The molecular formula is C13H16FN3O. The second-order valence-electron chi connectivity index (χ2n) is 4.24. The molecule has 18 heavy (non-hydrogen) atoms. The van der Waals surface area contributed by atoms with Crippen molar-refractivity contribution in [2.24, 2.45) is 12.8 Å². The van der Waals surface area contributed by atoms with Gasteiger partial charge in [0.25, 0.3) is 0 Å². The molecular weight excluding hydrogens is 233 g/mol. The number of aryl methyl sites for hydroxylation is 1. The zero-order valence-corrected chi connectivity index (χ0v) is 10.4. The summed E-state index contributed by atoms with van der Waals surface area (Å²) in [6, 6.07) is 5.95. The molecule has 0 amide bonds. The van der Waals surface area contributed by atoms with E-state index in [2.05, 4.69) is 5.10 Å². The van der Waals surface area contributed by atoms with Crippen molar-refractivity contribution in [3.05, 3.63) is 47.5 Å². The van der Waals surface area contributed by atoms with Crippen LogP contribution in [-0.2, 0) is 13.7 Å². The molecule has 0 aliphatic rings. The summed E-state index contributed by atoms with van der Waals surface area (Å²) in [6.07, 6.45) is 1.84. The summed E-state index contributed by atoms with van der Waals surface area (Å²) in [6.45, 7) is 2.13. The molecule has 96 valence electrons. The second kappa shape index (κ2) is 5.18. The summed E-state index contributed by atoms with van der Waals surface area (Å²) in [4.78, 5) is 0. The van der Waals surface area contributed by atoms with Gasteiger partial charge in [-0.2, -0.15) is 5.10 Å². The van der Waals surface area contributed by atoms with Crippen molar-refractivity contribution in [1.82, 2.24) is 9.78 Å². The average molecular weight is 249 g/mol. The standard InChI is InChI=1S/C13H16FN3O/c1-9(15)12-7-10(14)3-4-13(12)18-8-11-5-6-17(2)16-11/h3-7,9H,8,15H2,1-2H3. The largest absolute Gasteiger partial charge is 0.487 e. The third-order valence-corrected chi connectivity index (χ3v) is 2.61. The van der Waals surface area contributed by atoms with E-state index < -0.39 is 0 Å². The maximum atomic E-state index is 13.1. The van der Waals surface area contributed by atoms with E-state index in [1.165, 1.54) is 12.1 Å². The molecule has 2 aromatic rings. The van der Waals surface area contributed by atoms with Gasteiger partial charge in [-0.05, 0) is 31.2 Å². The molecule has 1 atom stereocenters. The molecule has 5 heteroatoms. The number of hydrogen-bond donors (Lipinski definition) is 1. The third kappa shape index (κ3) is 2.87. The van der Waals surface area contributed by atoms with Gasteiger partial charge in [0, 0.05) is 24.8 Å². The molecule has 0 radical (unpaired) electrons. The number of nitrogens with two attached hydrogens (primary N) is 1. The molecule has 0 spiro atoms. The number of benzene rings is 1. The number of rotatable bonds is 4. The van der Waals surface area contributed by atoms with Gasteiger partial charge in [-0.15, -0.1) is 0 Å². The van der Waals surface area contributed by atoms with Crippen LogP contribution < -0.4 is 10.5 Å². The summed E-state index contributed by atoms with van der Waals surface area (Å²) in [5, 5.41) is 4.20. The third-order valence-electron chi connectivity index (χ3n) is 2.61. The lowest BCUT2D eigenvalue weighted by atomic mass is 10.1. The lowest BCUT2D eigenvalue weighted by molar-refractivity contribution is 0.295. The topological polar surface area (TPSA) is 53.1 Å². The Bertz CT molecular complexity index is 537. The fourth-order valence-corrected chi connectivity index (χ4v) is 1.70. The Hall–Kier alpha value is -1.88. The molecule has 4 nitrogen and oxygen atoms in total. The first-order chi connectivity index (χ1) is 8.56. The molecule has 1 unspecified atom stereocenters. The van der Waals surface area contributed by atoms with E-state index in [1.54, 1.807) is 17.7 Å². The fourth-order valence-electron chi connectivity index (χ4n) is 1.70. The van der Waals surface area contributed by atoms with Gasteiger partial charge < -0.3 is 10.5 Å². The molecule has 0 saturated heterocycles. The number of halogens is 1. The van der Waals surface area contributed by atoms with Gasteiger partial charge in [0.15, 0.2) is 0 Å². The quantitative estimate of drug-likeness (QED) is 0.903. The first kappa shape index (κ1) is 12.6. The Morgan fingerprint density at radius 3 is 2.83 bits per heavy atom. The fraction of sp³-hybridized carbons (Fsp3) is 0.308. The molecule has 2 N–H and O–H groups in total. The smallest absolute Gasteiger partial charge is 0.132 e. The number of hydrogen-bond acceptors (Lipinski definition) is 3. The number of nitrogens with zero attached hydrogens (tertiary/aromatic N) is 2. The van der Waals surface area contributed by atoms with Crippen molar-refractivity contribution < 1.29 is 9.13 Å². The molecule has 1 heterocycles. The highest BCUT2D eigenvalue weighted by Crippen LogP contribution is 2.25. The lowest BCUT2D eigenvalue weighted by Crippen LogP contribution is -2.09. The first-order valence-corrected chi connectivity index (χ1v) is 5.72. The predicted molar refractivity (Wildman–Crippen MR) is 66.5 cm³/mol. The van der Waals surface area contributed by atoms with Crippen LogP contribution in [0.2, 0.25) is 0 Å². The molecule has 0 fully saturated rings. The van der Waals surface area contributed by atoms with Crippen molar-refractivity contribution in [2.75, 3.05) is 0 Å². The van der Waals surface area contributed by atoms with Gasteiger partial charge in [-0.3, -0.25) is 4.68 Å². The highest BCUT2D eigenvalue weighted by molar-refractivity contribution is 5.36. The molecule has 2 rings (SSSR count). The monoisotopic (exact) mass is 249 g/mol. The average Bonchev–Trinajstić information content (AvgIpc) is 2.73. The minimum absolute atomic E-state index is 0.278. The van der Waals surface area contributed by atoms with Crippen LogP contribution in [0.1, 0.15) is 24.2 Å². The van der Waals surface area contributed by atoms with E-state index in [0.717, 1.165) is 5.69 Å². The number of ether oxygens (including phenoxy) is 1. The summed E-state index contributed by atoms with van der Waals surface area (Å²) in [7, 11) is 1.84. The summed E-state index contributed by atoms with van der Waals surface area (Å²) >= 11 is 0. The minimum atomic E-state index is -0.313. The Morgan fingerprint density at radius 2 is 2.22 bits per heavy atom. The van der Waals surface area contributed by atoms with Crippen molar-refractivity contribution in [3.8, 4) is 5.75 Å². The Balaban J connectivity index is 2.13. The molecule has 0 bridgehead atoms. The molecule has 0 aliphatic carbocycles. The normalized spacial score (nSPS) is 12.4. The lowest BCUT2D eigenvalue weighted by Gasteiger charge is -2.13. The van der Waals surface area contributed by atoms with Crippen LogP contribution in [0, 0.1) is 5.82 Å². The predicted octanol–water partition coefficient (Wildman–Crippen LogP) is 2.16. The summed E-state index contributed by atoms with van der Waals surface area (Å²) in [5.41, 5.74) is 7.27. The van der Waals surface area contributed by atoms with Crippen molar-refractivity contribution >= 4 is 0 Å². The molecule has 1 aromatic carbocycles. The highest BCUT2D eigenvalue weighted by atomic mass is 19.1. The minimum Gasteiger partial charge on any atom is -0.487 e. The maximum absolute atomic E-state index is 13.1. The van der Waals surface area contributed by atoms with Crippen LogP contribution in [0.15, 0.2) is 30.5 Å². The van der Waals surface area contributed by atoms with Gasteiger partial charge in [-0.1, -0.05) is 0 Å². The van der Waals surface area contributed by atoms with E-state index in [1.807, 2.05) is 19.3 Å². The Kier molecular flexibility index (Phi) is 3.62. The van der Waals surface area contributed by atoms with E-state index >= 15 is 0 Å². The summed E-state index contributed by atoms with van der Waals surface area (Å²) < 4.78 is 20.5. The molecule has 0 aliphatic heterocycles. The van der Waals surface area contributed by atoms with Crippen LogP contribution in [0.25, 0.3) is 0 Å². The zero-order chi connectivity index (χ0) is 13.1. The molecule has 0 saturated carbocycles. The van der Waals surface area contributed by atoms with Crippen LogP contribution in [0.4, 0.5) is 4.39 Å². The Morgan fingerprint density at radius 1 is 1.44 bits per heavy atom. The first-order valence-electron chi connectivity index (χ1n) is 5.72. The van der Waals surface area contributed by atoms with Crippen LogP contribution in [0.3, 0.4) is 0 Å². The van der Waals surface area contributed by atoms with Crippen LogP contribution in [-0.4, -0.2) is 9.78 Å². The maximum Gasteiger partial charge on any atom is 0.132 e. The van der Waals surface area contributed by atoms with E-state index in [0.29, 0.717) is 17.9 Å². The second-order valence-corrected chi connectivity index (χ2v) is 4.24. The van der Waals surface area contributed by atoms with Gasteiger partial charge in [0.05, 0.1) is 5.69 Å². The van der Waals surface area contributed by atoms with Crippen molar-refractivity contribution in [1.29, 1.82) is 0 Å². The van der Waals surface area contributed by atoms with E-state index in [-0.39, 0.29) is 11.9 Å². The van der Waals surface area contributed by atoms with Crippen molar-refractivity contribution in [2.45, 2.75) is 19.6 Å². The van der Waals surface area contributed by atoms with Gasteiger partial charge in [0.2, 0.25) is 0 Å². The highest BCUT2D eigenvalue weighted by Gasteiger charge is 2.10. The Labute approximate surface area is 105 Å². The van der Waals surface area contributed by atoms with Gasteiger partial charge >= 0.3 is 0 Å². The SMILES string of the molecule is CC(N)c1cc(F)ccc1OCc1ccn(C)n1. The number of aromatic nitrogens is 2. The van der Waals surface area contributed by atoms with Gasteiger partial charge in [-0.25, -0.2) is 4.39 Å². The van der Waals surface area contributed by atoms with E-state index in [9.17, 15) is 4.39 Å². The molecule has 1 aromatic heterocycles. The van der Waals surface area contributed by atoms with E-state index in [4.69, 9.17) is 10.5 Å². The summed E-state index contributed by atoms with van der Waals surface area (Å²) in [5.74, 6) is 0.282. The van der Waals surface area contributed by atoms with Crippen LogP contribution >= 0.6 is 0 Å². The van der Waals surface area contributed by atoms with Crippen LogP contribution in [0.5, 0.6) is 5.75 Å².